The van der Waals surface area contributed by atoms with Crippen LogP contribution in [0.2, 0.25) is 0 Å². The van der Waals surface area contributed by atoms with Crippen molar-refractivity contribution >= 4 is 17.5 Å². The Morgan fingerprint density at radius 3 is 2.23 bits per heavy atom. The van der Waals surface area contributed by atoms with Gasteiger partial charge in [-0.3, -0.25) is 4.79 Å². The van der Waals surface area contributed by atoms with Gasteiger partial charge < -0.3 is 0 Å². The summed E-state index contributed by atoms with van der Waals surface area (Å²) in [6, 6.07) is 20.1. The van der Waals surface area contributed by atoms with Crippen LogP contribution in [-0.2, 0) is 0 Å². The third kappa shape index (κ3) is 5.69. The van der Waals surface area contributed by atoms with Crippen LogP contribution in [0, 0.1) is 0 Å². The molecule has 0 aliphatic carbocycles. The molecule has 0 heterocycles. The Labute approximate surface area is 138 Å². The largest absolute Gasteiger partial charge is 0.294 e. The molecule has 116 valence electrons. The van der Waals surface area contributed by atoms with Crippen LogP contribution in [0.4, 0.5) is 0 Å². The Kier molecular flexibility index (Phi) is 7.24. The molecule has 0 amide bonds. The fourth-order valence-electron chi connectivity index (χ4n) is 2.45. The summed E-state index contributed by atoms with van der Waals surface area (Å²) in [5.74, 6) is 0.260. The second-order valence-electron chi connectivity index (χ2n) is 5.52. The lowest BCUT2D eigenvalue weighted by molar-refractivity contribution is 0.0979. The smallest absolute Gasteiger partial charge is 0.162 e. The van der Waals surface area contributed by atoms with Gasteiger partial charge >= 0.3 is 0 Å². The lowest BCUT2D eigenvalue weighted by Gasteiger charge is -2.16. The number of rotatable bonds is 9. The number of ketones is 1. The first-order valence-corrected chi connectivity index (χ1v) is 8.97. The number of Topliss-reactive ketones (excluding diaryl/α,β-unsaturated/α-hetero) is 1. The molecule has 2 aromatic rings. The maximum absolute atomic E-state index is 12.3. The van der Waals surface area contributed by atoms with Gasteiger partial charge in [-0.05, 0) is 25.0 Å². The molecule has 0 spiro atoms. The summed E-state index contributed by atoms with van der Waals surface area (Å²) in [7, 11) is 0. The molecule has 2 aromatic carbocycles. The Morgan fingerprint density at radius 2 is 1.59 bits per heavy atom. The molecule has 1 nitrogen and oxygen atoms in total. The van der Waals surface area contributed by atoms with E-state index in [0.717, 1.165) is 12.0 Å². The van der Waals surface area contributed by atoms with E-state index in [1.165, 1.54) is 24.2 Å². The molecule has 0 saturated carbocycles. The molecule has 1 atom stereocenters. The van der Waals surface area contributed by atoms with Gasteiger partial charge in [-0.15, -0.1) is 11.8 Å². The standard InChI is InChI=1S/C20H24OS/c1-2-3-12-19(22-18-13-8-5-9-14-18)15-16-20(21)17-10-6-4-7-11-17/h4-11,13-14,19H,2-3,12,15-16H2,1H3/t19-/m0/s1. The summed E-state index contributed by atoms with van der Waals surface area (Å²) in [5.41, 5.74) is 0.835. The molecular formula is C20H24OS. The third-order valence-corrected chi connectivity index (χ3v) is 5.06. The molecule has 2 rings (SSSR count). The Morgan fingerprint density at radius 1 is 0.955 bits per heavy atom. The predicted molar refractivity (Wildman–Crippen MR) is 95.6 cm³/mol. The Balaban J connectivity index is 1.90. The van der Waals surface area contributed by atoms with Crippen LogP contribution in [-0.4, -0.2) is 11.0 Å². The zero-order valence-electron chi connectivity index (χ0n) is 13.2. The summed E-state index contributed by atoms with van der Waals surface area (Å²) in [4.78, 5) is 13.6. The van der Waals surface area contributed by atoms with E-state index in [-0.39, 0.29) is 5.78 Å². The highest BCUT2D eigenvalue weighted by Crippen LogP contribution is 2.30. The number of benzene rings is 2. The van der Waals surface area contributed by atoms with Crippen molar-refractivity contribution in [3.63, 3.8) is 0 Å². The average Bonchev–Trinajstić information content (AvgIpc) is 2.58. The summed E-state index contributed by atoms with van der Waals surface area (Å²) in [5, 5.41) is 0.523. The SMILES string of the molecule is CCCC[C@@H](CCC(=O)c1ccccc1)Sc1ccccc1. The average molecular weight is 312 g/mol. The topological polar surface area (TPSA) is 17.1 Å². The van der Waals surface area contributed by atoms with Gasteiger partial charge in [-0.1, -0.05) is 68.3 Å². The molecular weight excluding hydrogens is 288 g/mol. The van der Waals surface area contributed by atoms with Crippen molar-refractivity contribution in [3.8, 4) is 0 Å². The highest BCUT2D eigenvalue weighted by atomic mass is 32.2. The zero-order chi connectivity index (χ0) is 15.6. The van der Waals surface area contributed by atoms with Gasteiger partial charge in [0, 0.05) is 22.1 Å². The summed E-state index contributed by atoms with van der Waals surface area (Å²) in [6.07, 6.45) is 5.20. The molecule has 0 unspecified atom stereocenters. The third-order valence-electron chi connectivity index (χ3n) is 3.71. The van der Waals surface area contributed by atoms with Crippen LogP contribution in [0.3, 0.4) is 0 Å². The molecule has 0 saturated heterocycles. The molecule has 0 aliphatic heterocycles. The van der Waals surface area contributed by atoms with Crippen molar-refractivity contribution in [1.82, 2.24) is 0 Å². The van der Waals surface area contributed by atoms with Crippen molar-refractivity contribution in [2.24, 2.45) is 0 Å². The van der Waals surface area contributed by atoms with Crippen LogP contribution in [0.15, 0.2) is 65.6 Å². The van der Waals surface area contributed by atoms with Gasteiger partial charge in [0.2, 0.25) is 0 Å². The minimum absolute atomic E-state index is 0.260. The summed E-state index contributed by atoms with van der Waals surface area (Å²) in [6.45, 7) is 2.22. The highest BCUT2D eigenvalue weighted by Gasteiger charge is 2.13. The van der Waals surface area contributed by atoms with E-state index in [4.69, 9.17) is 0 Å². The number of unbranched alkanes of at least 4 members (excludes halogenated alkanes) is 1. The summed E-state index contributed by atoms with van der Waals surface area (Å²) < 4.78 is 0. The molecule has 0 bridgehead atoms. The van der Waals surface area contributed by atoms with E-state index in [0.29, 0.717) is 11.7 Å². The molecule has 0 N–H and O–H groups in total. The van der Waals surface area contributed by atoms with Gasteiger partial charge in [0.05, 0.1) is 0 Å². The maximum Gasteiger partial charge on any atom is 0.162 e. The van der Waals surface area contributed by atoms with Gasteiger partial charge in [0.25, 0.3) is 0 Å². The fourth-order valence-corrected chi connectivity index (χ4v) is 3.67. The van der Waals surface area contributed by atoms with Crippen LogP contribution >= 0.6 is 11.8 Å². The first-order chi connectivity index (χ1) is 10.8. The first-order valence-electron chi connectivity index (χ1n) is 8.09. The van der Waals surface area contributed by atoms with E-state index in [1.807, 2.05) is 48.2 Å². The van der Waals surface area contributed by atoms with Crippen molar-refractivity contribution in [1.29, 1.82) is 0 Å². The highest BCUT2D eigenvalue weighted by molar-refractivity contribution is 8.00. The van der Waals surface area contributed by atoms with E-state index < -0.39 is 0 Å². The number of hydrogen-bond donors (Lipinski definition) is 0. The van der Waals surface area contributed by atoms with Gasteiger partial charge in [0.1, 0.15) is 0 Å². The second-order valence-corrected chi connectivity index (χ2v) is 6.90. The molecule has 22 heavy (non-hydrogen) atoms. The van der Waals surface area contributed by atoms with Gasteiger partial charge in [-0.25, -0.2) is 0 Å². The molecule has 0 radical (unpaired) electrons. The van der Waals surface area contributed by atoms with Crippen LogP contribution in [0.1, 0.15) is 49.4 Å². The Hall–Kier alpha value is -1.54. The van der Waals surface area contributed by atoms with Crippen LogP contribution < -0.4 is 0 Å². The van der Waals surface area contributed by atoms with Crippen LogP contribution in [0.5, 0.6) is 0 Å². The first kappa shape index (κ1) is 16.8. The second kappa shape index (κ2) is 9.47. The number of thioether (sulfide) groups is 1. The quantitative estimate of drug-likeness (QED) is 0.417. The van der Waals surface area contributed by atoms with E-state index in [2.05, 4.69) is 31.2 Å². The minimum Gasteiger partial charge on any atom is -0.294 e. The maximum atomic E-state index is 12.3. The minimum atomic E-state index is 0.260. The normalized spacial score (nSPS) is 12.0. The van der Waals surface area contributed by atoms with Crippen molar-refractivity contribution in [2.45, 2.75) is 49.2 Å². The monoisotopic (exact) mass is 312 g/mol. The molecule has 0 aliphatic rings. The zero-order valence-corrected chi connectivity index (χ0v) is 14.0. The summed E-state index contributed by atoms with van der Waals surface area (Å²) >= 11 is 1.91. The number of carbonyl (C=O) groups is 1. The molecule has 2 heteroatoms. The number of hydrogen-bond acceptors (Lipinski definition) is 2. The van der Waals surface area contributed by atoms with Crippen molar-refractivity contribution in [3.05, 3.63) is 66.2 Å². The molecule has 0 fully saturated rings. The van der Waals surface area contributed by atoms with Crippen molar-refractivity contribution in [2.75, 3.05) is 0 Å². The van der Waals surface area contributed by atoms with E-state index in [1.54, 1.807) is 0 Å². The lowest BCUT2D eigenvalue weighted by atomic mass is 10.0. The van der Waals surface area contributed by atoms with Gasteiger partial charge in [-0.2, -0.15) is 0 Å². The van der Waals surface area contributed by atoms with Gasteiger partial charge in [0.15, 0.2) is 5.78 Å². The Bertz CT molecular complexity index is 550. The van der Waals surface area contributed by atoms with Crippen LogP contribution in [0.25, 0.3) is 0 Å². The lowest BCUT2D eigenvalue weighted by Crippen LogP contribution is -2.07. The fraction of sp³-hybridized carbons (Fsp3) is 0.350. The van der Waals surface area contributed by atoms with E-state index in [9.17, 15) is 4.79 Å². The predicted octanol–water partition coefficient (Wildman–Crippen LogP) is 6.00. The molecule has 0 aromatic heterocycles. The van der Waals surface area contributed by atoms with Crippen molar-refractivity contribution < 1.29 is 4.79 Å². The van der Waals surface area contributed by atoms with E-state index >= 15 is 0 Å². The number of carbonyl (C=O) groups excluding carboxylic acids is 1.